The molecule has 0 spiro atoms. The van der Waals surface area contributed by atoms with Crippen LogP contribution in [0.2, 0.25) is 5.02 Å². The average Bonchev–Trinajstić information content (AvgIpc) is 2.60. The monoisotopic (exact) mass is 347 g/mol. The first kappa shape index (κ1) is 17.7. The second kappa shape index (κ2) is 8.26. The van der Waals surface area contributed by atoms with Crippen LogP contribution >= 0.6 is 11.6 Å². The number of carbonyl (C=O) groups is 1. The smallest absolute Gasteiger partial charge is 0.248 e. The minimum Gasteiger partial charge on any atom is -0.497 e. The molecule has 2 aromatic rings. The Morgan fingerprint density at radius 3 is 2.33 bits per heavy atom. The second-order valence-electron chi connectivity index (χ2n) is 4.78. The maximum atomic E-state index is 12.1. The number of methoxy groups -OCH3 is 3. The molecule has 0 heterocycles. The average molecular weight is 348 g/mol. The van der Waals surface area contributed by atoms with Gasteiger partial charge in [-0.05, 0) is 35.9 Å². The Morgan fingerprint density at radius 1 is 1.00 bits per heavy atom. The molecule has 5 nitrogen and oxygen atoms in total. The van der Waals surface area contributed by atoms with Gasteiger partial charge in [0.1, 0.15) is 17.2 Å². The zero-order valence-corrected chi connectivity index (χ0v) is 14.4. The van der Waals surface area contributed by atoms with E-state index >= 15 is 0 Å². The highest BCUT2D eigenvalue weighted by Gasteiger charge is 2.07. The molecule has 0 bridgehead atoms. The van der Waals surface area contributed by atoms with Gasteiger partial charge in [0.05, 0.1) is 32.0 Å². The van der Waals surface area contributed by atoms with Crippen molar-refractivity contribution in [2.75, 3.05) is 26.6 Å². The number of amides is 1. The van der Waals surface area contributed by atoms with Crippen LogP contribution < -0.4 is 19.5 Å². The highest BCUT2D eigenvalue weighted by Crippen LogP contribution is 2.29. The maximum Gasteiger partial charge on any atom is 0.248 e. The van der Waals surface area contributed by atoms with Gasteiger partial charge in [-0.1, -0.05) is 17.7 Å². The highest BCUT2D eigenvalue weighted by molar-refractivity contribution is 6.32. The van der Waals surface area contributed by atoms with Crippen LogP contribution in [0.5, 0.6) is 17.2 Å². The van der Waals surface area contributed by atoms with Crippen LogP contribution in [0.25, 0.3) is 6.08 Å². The summed E-state index contributed by atoms with van der Waals surface area (Å²) in [4.78, 5) is 12.1. The molecular formula is C18H18ClNO4. The van der Waals surface area contributed by atoms with Gasteiger partial charge in [0.2, 0.25) is 5.91 Å². The molecule has 24 heavy (non-hydrogen) atoms. The normalized spacial score (nSPS) is 10.5. The van der Waals surface area contributed by atoms with Crippen LogP contribution in [0.1, 0.15) is 5.56 Å². The van der Waals surface area contributed by atoms with Gasteiger partial charge in [0, 0.05) is 12.1 Å². The van der Waals surface area contributed by atoms with Gasteiger partial charge < -0.3 is 19.5 Å². The van der Waals surface area contributed by atoms with E-state index in [9.17, 15) is 4.79 Å². The van der Waals surface area contributed by atoms with Crippen molar-refractivity contribution >= 4 is 29.3 Å². The second-order valence-corrected chi connectivity index (χ2v) is 5.19. The Kier molecular flexibility index (Phi) is 6.09. The molecule has 0 saturated carbocycles. The molecule has 0 unspecified atom stereocenters. The van der Waals surface area contributed by atoms with Crippen molar-refractivity contribution in [1.82, 2.24) is 0 Å². The molecule has 1 N–H and O–H groups in total. The molecule has 0 radical (unpaired) electrons. The molecule has 0 aliphatic carbocycles. The molecule has 0 saturated heterocycles. The molecule has 2 rings (SSSR count). The molecule has 0 aliphatic rings. The Balaban J connectivity index is 2.11. The fourth-order valence-corrected chi connectivity index (χ4v) is 2.31. The summed E-state index contributed by atoms with van der Waals surface area (Å²) in [5.74, 6) is 1.45. The minimum atomic E-state index is -0.298. The SMILES string of the molecule is COc1ccc(OC)c(NC(=O)C=Cc2ccc(OC)c(Cl)c2)c1. The predicted octanol–water partition coefficient (Wildman–Crippen LogP) is 4.02. The predicted molar refractivity (Wildman–Crippen MR) is 95.2 cm³/mol. The van der Waals surface area contributed by atoms with Gasteiger partial charge in [-0.15, -0.1) is 0 Å². The summed E-state index contributed by atoms with van der Waals surface area (Å²) in [6.45, 7) is 0. The fraction of sp³-hybridized carbons (Fsp3) is 0.167. The fourth-order valence-electron chi connectivity index (χ4n) is 2.04. The third-order valence-corrected chi connectivity index (χ3v) is 3.56. The molecule has 6 heteroatoms. The van der Waals surface area contributed by atoms with Gasteiger partial charge >= 0.3 is 0 Å². The lowest BCUT2D eigenvalue weighted by Crippen LogP contribution is -2.09. The Bertz CT molecular complexity index is 759. The van der Waals surface area contributed by atoms with Crippen LogP contribution in [-0.2, 0) is 4.79 Å². The van der Waals surface area contributed by atoms with Crippen LogP contribution in [0.4, 0.5) is 5.69 Å². The largest absolute Gasteiger partial charge is 0.497 e. The molecule has 0 aromatic heterocycles. The number of hydrogen-bond acceptors (Lipinski definition) is 4. The summed E-state index contributed by atoms with van der Waals surface area (Å²) >= 11 is 6.06. The molecule has 2 aromatic carbocycles. The van der Waals surface area contributed by atoms with Crippen LogP contribution in [0.3, 0.4) is 0 Å². The van der Waals surface area contributed by atoms with Crippen LogP contribution in [0, 0.1) is 0 Å². The lowest BCUT2D eigenvalue weighted by molar-refractivity contribution is -0.111. The van der Waals surface area contributed by atoms with E-state index in [-0.39, 0.29) is 5.91 Å². The van der Waals surface area contributed by atoms with E-state index in [1.54, 1.807) is 56.7 Å². The molecule has 0 aliphatic heterocycles. The number of anilines is 1. The van der Waals surface area contributed by atoms with E-state index in [0.717, 1.165) is 5.56 Å². The van der Waals surface area contributed by atoms with Gasteiger partial charge in [0.25, 0.3) is 0 Å². The summed E-state index contributed by atoms with van der Waals surface area (Å²) in [7, 11) is 4.64. The standard InChI is InChI=1S/C18H18ClNO4/c1-22-13-6-8-17(24-3)15(11-13)20-18(21)9-5-12-4-7-16(23-2)14(19)10-12/h4-11H,1-3H3,(H,20,21). The number of hydrogen-bond donors (Lipinski definition) is 1. The molecule has 0 atom stereocenters. The number of halogens is 1. The van der Waals surface area contributed by atoms with E-state index in [0.29, 0.717) is 28.0 Å². The first-order valence-corrected chi connectivity index (χ1v) is 7.49. The number of rotatable bonds is 6. The number of nitrogens with one attached hydrogen (secondary N) is 1. The lowest BCUT2D eigenvalue weighted by atomic mass is 10.2. The van der Waals surface area contributed by atoms with Crippen molar-refractivity contribution < 1.29 is 19.0 Å². The van der Waals surface area contributed by atoms with Crippen LogP contribution in [0.15, 0.2) is 42.5 Å². The molecule has 1 amide bonds. The highest BCUT2D eigenvalue weighted by atomic mass is 35.5. The Hall–Kier alpha value is -2.66. The third kappa shape index (κ3) is 4.43. The van der Waals surface area contributed by atoms with Gasteiger partial charge in [0.15, 0.2) is 0 Å². The van der Waals surface area contributed by atoms with Gasteiger partial charge in [-0.2, -0.15) is 0 Å². The summed E-state index contributed by atoms with van der Waals surface area (Å²) in [5.41, 5.74) is 1.31. The Labute approximate surface area is 145 Å². The number of ether oxygens (including phenoxy) is 3. The first-order chi connectivity index (χ1) is 11.6. The third-order valence-electron chi connectivity index (χ3n) is 3.27. The summed E-state index contributed by atoms with van der Waals surface area (Å²) in [6, 6.07) is 10.4. The van der Waals surface area contributed by atoms with Crippen molar-refractivity contribution in [3.63, 3.8) is 0 Å². The summed E-state index contributed by atoms with van der Waals surface area (Å²) in [5, 5.41) is 3.24. The zero-order chi connectivity index (χ0) is 17.5. The van der Waals surface area contributed by atoms with E-state index in [2.05, 4.69) is 5.32 Å². The van der Waals surface area contributed by atoms with E-state index in [4.69, 9.17) is 25.8 Å². The number of benzene rings is 2. The molecule has 126 valence electrons. The first-order valence-electron chi connectivity index (χ1n) is 7.12. The van der Waals surface area contributed by atoms with E-state index in [1.165, 1.54) is 13.2 Å². The molecular weight excluding hydrogens is 330 g/mol. The van der Waals surface area contributed by atoms with Gasteiger partial charge in [-0.3, -0.25) is 4.79 Å². The number of carbonyl (C=O) groups excluding carboxylic acids is 1. The minimum absolute atomic E-state index is 0.298. The topological polar surface area (TPSA) is 56.8 Å². The van der Waals surface area contributed by atoms with Crippen molar-refractivity contribution in [3.05, 3.63) is 53.1 Å². The zero-order valence-electron chi connectivity index (χ0n) is 13.6. The van der Waals surface area contributed by atoms with Gasteiger partial charge in [-0.25, -0.2) is 0 Å². The summed E-state index contributed by atoms with van der Waals surface area (Å²) in [6.07, 6.45) is 3.07. The Morgan fingerprint density at radius 2 is 1.71 bits per heavy atom. The van der Waals surface area contributed by atoms with Crippen LogP contribution in [-0.4, -0.2) is 27.2 Å². The van der Waals surface area contributed by atoms with E-state index < -0.39 is 0 Å². The van der Waals surface area contributed by atoms with Crippen molar-refractivity contribution in [2.24, 2.45) is 0 Å². The summed E-state index contributed by atoms with van der Waals surface area (Å²) < 4.78 is 15.5. The van der Waals surface area contributed by atoms with Crippen molar-refractivity contribution in [3.8, 4) is 17.2 Å². The molecule has 0 fully saturated rings. The lowest BCUT2D eigenvalue weighted by Gasteiger charge is -2.10. The maximum absolute atomic E-state index is 12.1. The van der Waals surface area contributed by atoms with Crippen molar-refractivity contribution in [2.45, 2.75) is 0 Å². The van der Waals surface area contributed by atoms with Crippen molar-refractivity contribution in [1.29, 1.82) is 0 Å². The quantitative estimate of drug-likeness (QED) is 0.802. The van der Waals surface area contributed by atoms with E-state index in [1.807, 2.05) is 0 Å².